The second kappa shape index (κ2) is 7.92. The molecule has 2 aromatic carbocycles. The molecular formula is C20H19BrN4O2. The molecular weight excluding hydrogens is 408 g/mol. The highest BCUT2D eigenvalue weighted by Gasteiger charge is 2.34. The highest BCUT2D eigenvalue weighted by molar-refractivity contribution is 9.10. The molecule has 1 N–H and O–H groups in total. The van der Waals surface area contributed by atoms with Gasteiger partial charge in [-0.15, -0.1) is 0 Å². The number of carbonyl (C=O) groups is 1. The molecule has 138 valence electrons. The lowest BCUT2D eigenvalue weighted by atomic mass is 10.2. The average Bonchev–Trinajstić information content (AvgIpc) is 3.37. The van der Waals surface area contributed by atoms with Crippen molar-refractivity contribution in [1.82, 2.24) is 20.4 Å². The first-order valence-corrected chi connectivity index (χ1v) is 9.68. The van der Waals surface area contributed by atoms with Gasteiger partial charge in [0, 0.05) is 23.1 Å². The van der Waals surface area contributed by atoms with Crippen LogP contribution in [0.15, 0.2) is 63.6 Å². The molecule has 7 heteroatoms. The maximum atomic E-state index is 12.6. The summed E-state index contributed by atoms with van der Waals surface area (Å²) in [5, 5.41) is 7.07. The molecule has 0 bridgehead atoms. The van der Waals surface area contributed by atoms with Crippen LogP contribution >= 0.6 is 15.9 Å². The molecule has 1 saturated heterocycles. The number of halogens is 1. The van der Waals surface area contributed by atoms with Gasteiger partial charge in [0.1, 0.15) is 6.04 Å². The molecule has 2 heterocycles. The quantitative estimate of drug-likeness (QED) is 0.664. The number of hydrogen-bond donors (Lipinski definition) is 1. The van der Waals surface area contributed by atoms with Gasteiger partial charge in [0.05, 0.1) is 0 Å². The van der Waals surface area contributed by atoms with E-state index in [0.29, 0.717) is 24.8 Å². The molecule has 1 unspecified atom stereocenters. The van der Waals surface area contributed by atoms with E-state index >= 15 is 0 Å². The van der Waals surface area contributed by atoms with Gasteiger partial charge in [-0.05, 0) is 42.7 Å². The van der Waals surface area contributed by atoms with Gasteiger partial charge in [0.2, 0.25) is 11.7 Å². The number of nitrogens with zero attached hydrogens (tertiary/aromatic N) is 3. The average molecular weight is 427 g/mol. The molecule has 1 atom stereocenters. The first-order chi connectivity index (χ1) is 13.2. The maximum absolute atomic E-state index is 12.6. The summed E-state index contributed by atoms with van der Waals surface area (Å²) < 4.78 is 6.47. The van der Waals surface area contributed by atoms with E-state index < -0.39 is 0 Å². The van der Waals surface area contributed by atoms with Crippen LogP contribution in [0.25, 0.3) is 11.4 Å². The van der Waals surface area contributed by atoms with Crippen molar-refractivity contribution in [1.29, 1.82) is 0 Å². The van der Waals surface area contributed by atoms with E-state index in [9.17, 15) is 4.79 Å². The number of amides is 2. The lowest BCUT2D eigenvalue weighted by Gasteiger charge is -2.22. The minimum Gasteiger partial charge on any atom is -0.337 e. The summed E-state index contributed by atoms with van der Waals surface area (Å²) in [6.07, 6.45) is 1.74. The molecule has 1 aromatic heterocycles. The maximum Gasteiger partial charge on any atom is 0.318 e. The molecule has 3 aromatic rings. The Balaban J connectivity index is 1.45. The van der Waals surface area contributed by atoms with Crippen LogP contribution in [0.2, 0.25) is 0 Å². The summed E-state index contributed by atoms with van der Waals surface area (Å²) in [6.45, 7) is 1.18. The van der Waals surface area contributed by atoms with E-state index in [0.717, 1.165) is 28.4 Å². The SMILES string of the molecule is O=C(NCc1ccccc1)N1CCCC1c1nc(-c2ccc(Br)cc2)no1. The van der Waals surface area contributed by atoms with Gasteiger partial charge >= 0.3 is 6.03 Å². The largest absolute Gasteiger partial charge is 0.337 e. The standard InChI is InChI=1S/C20H19BrN4O2/c21-16-10-8-15(9-11-16)18-23-19(27-24-18)17-7-4-12-25(17)20(26)22-13-14-5-2-1-3-6-14/h1-3,5-6,8-11,17H,4,7,12-13H2,(H,22,26). The summed E-state index contributed by atoms with van der Waals surface area (Å²) in [5.41, 5.74) is 1.95. The molecule has 0 aliphatic carbocycles. The topological polar surface area (TPSA) is 71.3 Å². The number of urea groups is 1. The van der Waals surface area contributed by atoms with Crippen molar-refractivity contribution in [2.24, 2.45) is 0 Å². The highest BCUT2D eigenvalue weighted by Crippen LogP contribution is 2.32. The van der Waals surface area contributed by atoms with E-state index in [4.69, 9.17) is 4.52 Å². The Morgan fingerprint density at radius 1 is 1.19 bits per heavy atom. The van der Waals surface area contributed by atoms with Crippen molar-refractivity contribution in [3.63, 3.8) is 0 Å². The zero-order valence-electron chi connectivity index (χ0n) is 14.6. The number of hydrogen-bond acceptors (Lipinski definition) is 4. The third-order valence-corrected chi connectivity index (χ3v) is 5.16. The van der Waals surface area contributed by atoms with E-state index in [1.54, 1.807) is 4.90 Å². The van der Waals surface area contributed by atoms with Crippen molar-refractivity contribution in [2.45, 2.75) is 25.4 Å². The van der Waals surface area contributed by atoms with Crippen LogP contribution in [-0.4, -0.2) is 27.6 Å². The Bertz CT molecular complexity index is 911. The van der Waals surface area contributed by atoms with Crippen LogP contribution in [0, 0.1) is 0 Å². The van der Waals surface area contributed by atoms with E-state index in [1.165, 1.54) is 0 Å². The van der Waals surface area contributed by atoms with Gasteiger partial charge in [0.15, 0.2) is 0 Å². The molecule has 1 fully saturated rings. The number of carbonyl (C=O) groups excluding carboxylic acids is 1. The highest BCUT2D eigenvalue weighted by atomic mass is 79.9. The summed E-state index contributed by atoms with van der Waals surface area (Å²) in [6, 6.07) is 17.3. The predicted molar refractivity (Wildman–Crippen MR) is 105 cm³/mol. The smallest absolute Gasteiger partial charge is 0.318 e. The summed E-state index contributed by atoms with van der Waals surface area (Å²) >= 11 is 3.42. The Kier molecular flexibility index (Phi) is 5.20. The second-order valence-electron chi connectivity index (χ2n) is 6.46. The fourth-order valence-corrected chi connectivity index (χ4v) is 3.49. The van der Waals surface area contributed by atoms with Gasteiger partial charge in [-0.2, -0.15) is 4.98 Å². The van der Waals surface area contributed by atoms with Crippen LogP contribution in [0.1, 0.15) is 30.3 Å². The summed E-state index contributed by atoms with van der Waals surface area (Å²) in [7, 11) is 0. The molecule has 6 nitrogen and oxygen atoms in total. The number of rotatable bonds is 4. The zero-order valence-corrected chi connectivity index (χ0v) is 16.2. The summed E-state index contributed by atoms with van der Waals surface area (Å²) in [4.78, 5) is 18.9. The molecule has 0 spiro atoms. The minimum absolute atomic E-state index is 0.107. The van der Waals surface area contributed by atoms with Crippen LogP contribution < -0.4 is 5.32 Å². The van der Waals surface area contributed by atoms with Gasteiger partial charge in [-0.3, -0.25) is 0 Å². The summed E-state index contributed by atoms with van der Waals surface area (Å²) in [5.74, 6) is 1.02. The molecule has 0 saturated carbocycles. The number of likely N-dealkylation sites (tertiary alicyclic amines) is 1. The van der Waals surface area contributed by atoms with Crippen molar-refractivity contribution >= 4 is 22.0 Å². The van der Waals surface area contributed by atoms with Gasteiger partial charge in [-0.25, -0.2) is 4.79 Å². The van der Waals surface area contributed by atoms with Crippen molar-refractivity contribution in [3.8, 4) is 11.4 Å². The molecule has 1 aliphatic heterocycles. The molecule has 2 amide bonds. The lowest BCUT2D eigenvalue weighted by Crippen LogP contribution is -2.39. The zero-order chi connectivity index (χ0) is 18.6. The van der Waals surface area contributed by atoms with Crippen LogP contribution in [0.5, 0.6) is 0 Å². The van der Waals surface area contributed by atoms with Crippen LogP contribution in [-0.2, 0) is 6.54 Å². The minimum atomic E-state index is -0.183. The first-order valence-electron chi connectivity index (χ1n) is 8.88. The van der Waals surface area contributed by atoms with Crippen molar-refractivity contribution < 1.29 is 9.32 Å². The molecule has 27 heavy (non-hydrogen) atoms. The Hall–Kier alpha value is -2.67. The molecule has 0 radical (unpaired) electrons. The van der Waals surface area contributed by atoms with Crippen molar-refractivity contribution in [2.75, 3.05) is 6.54 Å². The van der Waals surface area contributed by atoms with E-state index in [1.807, 2.05) is 54.6 Å². The van der Waals surface area contributed by atoms with Crippen molar-refractivity contribution in [3.05, 3.63) is 70.5 Å². The fraction of sp³-hybridized carbons (Fsp3) is 0.250. The Morgan fingerprint density at radius 3 is 2.74 bits per heavy atom. The molecule has 1 aliphatic rings. The number of aromatic nitrogens is 2. The second-order valence-corrected chi connectivity index (χ2v) is 7.37. The fourth-order valence-electron chi connectivity index (χ4n) is 3.23. The first kappa shape index (κ1) is 17.7. The lowest BCUT2D eigenvalue weighted by molar-refractivity contribution is 0.180. The monoisotopic (exact) mass is 426 g/mol. The Labute approximate surface area is 165 Å². The third kappa shape index (κ3) is 4.03. The van der Waals surface area contributed by atoms with Gasteiger partial charge in [-0.1, -0.05) is 51.4 Å². The Morgan fingerprint density at radius 2 is 1.96 bits per heavy atom. The predicted octanol–water partition coefficient (Wildman–Crippen LogP) is 4.55. The van der Waals surface area contributed by atoms with Crippen LogP contribution in [0.3, 0.4) is 0 Å². The number of benzene rings is 2. The van der Waals surface area contributed by atoms with E-state index in [2.05, 4.69) is 31.4 Å². The third-order valence-electron chi connectivity index (χ3n) is 4.63. The molecule has 4 rings (SSSR count). The van der Waals surface area contributed by atoms with Gasteiger partial charge < -0.3 is 14.7 Å². The van der Waals surface area contributed by atoms with E-state index in [-0.39, 0.29) is 12.1 Å². The van der Waals surface area contributed by atoms with Crippen LogP contribution in [0.4, 0.5) is 4.79 Å². The van der Waals surface area contributed by atoms with Gasteiger partial charge in [0.25, 0.3) is 0 Å². The number of nitrogens with one attached hydrogen (secondary N) is 1. The normalized spacial score (nSPS) is 16.5.